The zero-order valence-corrected chi connectivity index (χ0v) is 11.6. The van der Waals surface area contributed by atoms with Crippen molar-refractivity contribution in [2.24, 2.45) is 0 Å². The number of thiophene rings is 1. The Bertz CT molecular complexity index is 753. The minimum absolute atomic E-state index is 0.0619. The number of nitrogen functional groups attached to an aromatic ring is 1. The van der Waals surface area contributed by atoms with Crippen LogP contribution in [0, 0.1) is 0 Å². The van der Waals surface area contributed by atoms with Crippen molar-refractivity contribution < 1.29 is 21.6 Å². The molecule has 0 spiro atoms. The molecule has 2 rings (SSSR count). The van der Waals surface area contributed by atoms with E-state index < -0.39 is 27.3 Å². The minimum Gasteiger partial charge on any atom is -0.368 e. The topological polar surface area (TPSA) is 85.9 Å². The first-order valence-electron chi connectivity index (χ1n) is 5.07. The highest BCUT2D eigenvalue weighted by molar-refractivity contribution is 7.90. The summed E-state index contributed by atoms with van der Waals surface area (Å²) >= 11 is 0.843. The highest BCUT2D eigenvalue weighted by Gasteiger charge is 2.35. The van der Waals surface area contributed by atoms with Crippen LogP contribution in [-0.2, 0) is 16.0 Å². The average Bonchev–Trinajstić information content (AvgIpc) is 2.75. The van der Waals surface area contributed by atoms with Crippen molar-refractivity contribution >= 4 is 27.1 Å². The lowest BCUT2D eigenvalue weighted by Crippen LogP contribution is -2.10. The lowest BCUT2D eigenvalue weighted by Gasteiger charge is -2.10. The van der Waals surface area contributed by atoms with Crippen LogP contribution in [0.15, 0.2) is 22.5 Å². The van der Waals surface area contributed by atoms with E-state index in [0.29, 0.717) is 6.20 Å². The molecule has 0 radical (unpaired) electrons. The number of anilines is 1. The number of aromatic nitrogens is 2. The van der Waals surface area contributed by atoms with Crippen molar-refractivity contribution in [2.75, 3.05) is 12.0 Å². The van der Waals surface area contributed by atoms with Crippen molar-refractivity contribution in [3.8, 4) is 10.6 Å². The Hall–Kier alpha value is -1.68. The molecule has 2 heterocycles. The second kappa shape index (κ2) is 4.70. The molecule has 0 amide bonds. The van der Waals surface area contributed by atoms with E-state index in [1.807, 2.05) is 0 Å². The summed E-state index contributed by atoms with van der Waals surface area (Å²) in [6.45, 7) is 0. The summed E-state index contributed by atoms with van der Waals surface area (Å²) in [6.07, 6.45) is -3.10. The normalized spacial score (nSPS) is 12.6. The summed E-state index contributed by atoms with van der Waals surface area (Å²) in [6, 6.07) is 1.14. The fourth-order valence-corrected chi connectivity index (χ4v) is 3.45. The molecule has 0 aliphatic heterocycles. The van der Waals surface area contributed by atoms with E-state index in [1.165, 1.54) is 5.38 Å². The maximum absolute atomic E-state index is 12.9. The van der Waals surface area contributed by atoms with Crippen LogP contribution in [0.2, 0.25) is 0 Å². The van der Waals surface area contributed by atoms with Gasteiger partial charge in [0.25, 0.3) is 0 Å². The van der Waals surface area contributed by atoms with Crippen molar-refractivity contribution in [1.82, 2.24) is 9.97 Å². The predicted octanol–water partition coefficient (Wildman–Crippen LogP) is 2.21. The number of alkyl halides is 3. The Labute approximate surface area is 116 Å². The molecule has 0 aliphatic carbocycles. The number of rotatable bonds is 2. The SMILES string of the molecule is CS(=O)(=O)c1csc(-c2nc(N)ncc2C(F)(F)F)c1. The Morgan fingerprint density at radius 1 is 1.35 bits per heavy atom. The molecule has 2 aromatic rings. The van der Waals surface area contributed by atoms with Crippen LogP contribution in [0.5, 0.6) is 0 Å². The smallest absolute Gasteiger partial charge is 0.368 e. The molecular formula is C10H8F3N3O2S2. The van der Waals surface area contributed by atoms with Gasteiger partial charge in [0.05, 0.1) is 15.5 Å². The number of hydrogen-bond donors (Lipinski definition) is 1. The van der Waals surface area contributed by atoms with Crippen molar-refractivity contribution in [1.29, 1.82) is 0 Å². The molecule has 2 aromatic heterocycles. The highest BCUT2D eigenvalue weighted by atomic mass is 32.2. The molecule has 10 heteroatoms. The van der Waals surface area contributed by atoms with E-state index in [-0.39, 0.29) is 15.7 Å². The maximum Gasteiger partial charge on any atom is 0.420 e. The summed E-state index contributed by atoms with van der Waals surface area (Å²) in [5.74, 6) is -0.317. The first kappa shape index (κ1) is 14.7. The van der Waals surface area contributed by atoms with Gasteiger partial charge in [-0.05, 0) is 6.07 Å². The van der Waals surface area contributed by atoms with Gasteiger partial charge in [0.1, 0.15) is 5.56 Å². The first-order chi connectivity index (χ1) is 9.09. The molecule has 0 bridgehead atoms. The van der Waals surface area contributed by atoms with Crippen LogP contribution < -0.4 is 5.73 Å². The van der Waals surface area contributed by atoms with Gasteiger partial charge in [0, 0.05) is 17.8 Å². The molecule has 0 unspecified atom stereocenters. The van der Waals surface area contributed by atoms with Crippen molar-refractivity contribution in [2.45, 2.75) is 11.1 Å². The number of hydrogen-bond acceptors (Lipinski definition) is 6. The monoisotopic (exact) mass is 323 g/mol. The Balaban J connectivity index is 2.63. The van der Waals surface area contributed by atoms with Gasteiger partial charge >= 0.3 is 6.18 Å². The van der Waals surface area contributed by atoms with Gasteiger partial charge in [-0.1, -0.05) is 0 Å². The molecule has 0 fully saturated rings. The molecule has 0 aromatic carbocycles. The molecule has 2 N–H and O–H groups in total. The van der Waals surface area contributed by atoms with Gasteiger partial charge in [-0.15, -0.1) is 11.3 Å². The molecule has 0 saturated carbocycles. The lowest BCUT2D eigenvalue weighted by molar-refractivity contribution is -0.137. The molecule has 0 saturated heterocycles. The molecule has 108 valence electrons. The third kappa shape index (κ3) is 2.90. The second-order valence-corrected chi connectivity index (χ2v) is 6.83. The minimum atomic E-state index is -4.65. The van der Waals surface area contributed by atoms with Crippen LogP contribution in [0.3, 0.4) is 0 Å². The molecule has 0 aliphatic rings. The quantitative estimate of drug-likeness (QED) is 0.916. The third-order valence-electron chi connectivity index (χ3n) is 2.35. The summed E-state index contributed by atoms with van der Waals surface area (Å²) in [4.78, 5) is 6.88. The van der Waals surface area contributed by atoms with Crippen molar-refractivity contribution in [3.63, 3.8) is 0 Å². The van der Waals surface area contributed by atoms with Crippen LogP contribution >= 0.6 is 11.3 Å². The zero-order valence-electron chi connectivity index (χ0n) is 9.97. The van der Waals surface area contributed by atoms with Gasteiger partial charge < -0.3 is 5.73 Å². The predicted molar refractivity (Wildman–Crippen MR) is 67.9 cm³/mol. The molecule has 5 nitrogen and oxygen atoms in total. The number of nitrogens with two attached hydrogens (primary N) is 1. The van der Waals surface area contributed by atoms with Gasteiger partial charge in [-0.2, -0.15) is 13.2 Å². The average molecular weight is 323 g/mol. The summed E-state index contributed by atoms with van der Waals surface area (Å²) in [5.41, 5.74) is 3.81. The lowest BCUT2D eigenvalue weighted by atomic mass is 10.2. The van der Waals surface area contributed by atoms with Gasteiger partial charge in [0.15, 0.2) is 9.84 Å². The van der Waals surface area contributed by atoms with Gasteiger partial charge in [0.2, 0.25) is 5.95 Å². The Morgan fingerprint density at radius 3 is 2.50 bits per heavy atom. The standard InChI is InChI=1S/C10H8F3N3O2S2/c1-20(17,18)5-2-7(19-4-5)8-6(10(11,12)13)3-15-9(14)16-8/h2-4H,1H3,(H2,14,15,16). The van der Waals surface area contributed by atoms with Crippen LogP contribution in [0.25, 0.3) is 10.6 Å². The van der Waals surface area contributed by atoms with E-state index in [4.69, 9.17) is 5.73 Å². The molecular weight excluding hydrogens is 315 g/mol. The largest absolute Gasteiger partial charge is 0.420 e. The fourth-order valence-electron chi connectivity index (χ4n) is 1.43. The van der Waals surface area contributed by atoms with Crippen LogP contribution in [0.1, 0.15) is 5.56 Å². The van der Waals surface area contributed by atoms with Crippen LogP contribution in [-0.4, -0.2) is 24.6 Å². The fraction of sp³-hybridized carbons (Fsp3) is 0.200. The Morgan fingerprint density at radius 2 is 2.00 bits per heavy atom. The maximum atomic E-state index is 12.9. The van der Waals surface area contributed by atoms with E-state index in [0.717, 1.165) is 23.7 Å². The third-order valence-corrected chi connectivity index (χ3v) is 4.53. The highest BCUT2D eigenvalue weighted by Crippen LogP contribution is 2.38. The number of nitrogens with zero attached hydrogens (tertiary/aromatic N) is 2. The van der Waals surface area contributed by atoms with E-state index in [2.05, 4.69) is 9.97 Å². The second-order valence-electron chi connectivity index (χ2n) is 3.91. The number of halogens is 3. The summed E-state index contributed by atoms with van der Waals surface area (Å²) in [7, 11) is -3.49. The van der Waals surface area contributed by atoms with E-state index in [1.54, 1.807) is 0 Å². The van der Waals surface area contributed by atoms with Gasteiger partial charge in [-0.3, -0.25) is 0 Å². The molecule has 0 atom stereocenters. The van der Waals surface area contributed by atoms with Crippen molar-refractivity contribution in [3.05, 3.63) is 23.2 Å². The van der Waals surface area contributed by atoms with E-state index >= 15 is 0 Å². The van der Waals surface area contributed by atoms with E-state index in [9.17, 15) is 21.6 Å². The summed E-state index contributed by atoms with van der Waals surface area (Å²) < 4.78 is 61.3. The summed E-state index contributed by atoms with van der Waals surface area (Å²) in [5, 5.41) is 1.25. The number of sulfone groups is 1. The zero-order chi connectivity index (χ0) is 15.1. The first-order valence-corrected chi connectivity index (χ1v) is 7.85. The molecule has 20 heavy (non-hydrogen) atoms. The Kier molecular flexibility index (Phi) is 3.46. The van der Waals surface area contributed by atoms with Gasteiger partial charge in [-0.25, -0.2) is 18.4 Å². The van der Waals surface area contributed by atoms with Crippen LogP contribution in [0.4, 0.5) is 19.1 Å².